The molecular formula is C15H21N3O4. The highest BCUT2D eigenvalue weighted by atomic mass is 16.6. The fraction of sp³-hybridized carbons (Fsp3) is 0.467. The van der Waals surface area contributed by atoms with Crippen molar-refractivity contribution in [3.05, 3.63) is 23.8 Å². The third-order valence-corrected chi connectivity index (χ3v) is 3.46. The number of phenolic OH excluding ortho intramolecular Hbond substituents is 1. The largest absolute Gasteiger partial charge is 0.505 e. The number of carbonyl (C=O) groups is 2. The Morgan fingerprint density at radius 3 is 2.36 bits per heavy atom. The molecule has 7 nitrogen and oxygen atoms in total. The summed E-state index contributed by atoms with van der Waals surface area (Å²) in [6.45, 7) is 5.17. The monoisotopic (exact) mass is 307 g/mol. The molecule has 120 valence electrons. The third kappa shape index (κ3) is 3.41. The minimum absolute atomic E-state index is 0.170. The molecule has 1 aromatic carbocycles. The Morgan fingerprint density at radius 2 is 1.77 bits per heavy atom. The van der Waals surface area contributed by atoms with Crippen LogP contribution in [0.4, 0.5) is 10.5 Å². The Balaban J connectivity index is 1.98. The molecule has 22 heavy (non-hydrogen) atoms. The van der Waals surface area contributed by atoms with E-state index >= 15 is 0 Å². The van der Waals surface area contributed by atoms with Gasteiger partial charge in [0.1, 0.15) is 0 Å². The maximum atomic E-state index is 12.4. The molecule has 1 aliphatic rings. The number of phenols is 1. The minimum atomic E-state index is -0.367. The third-order valence-electron chi connectivity index (χ3n) is 3.46. The first-order chi connectivity index (χ1) is 10.4. The number of rotatable bonds is 2. The van der Waals surface area contributed by atoms with Gasteiger partial charge in [-0.1, -0.05) is 6.07 Å². The van der Waals surface area contributed by atoms with Crippen molar-refractivity contribution in [3.8, 4) is 5.75 Å². The van der Waals surface area contributed by atoms with E-state index < -0.39 is 0 Å². The van der Waals surface area contributed by atoms with E-state index in [4.69, 9.17) is 10.5 Å². The molecule has 0 spiro atoms. The summed E-state index contributed by atoms with van der Waals surface area (Å²) in [7, 11) is 0. The van der Waals surface area contributed by atoms with Crippen LogP contribution in [-0.2, 0) is 4.74 Å². The number of nitrogens with two attached hydrogens (primary N) is 1. The molecule has 1 aromatic rings. The molecule has 1 saturated heterocycles. The van der Waals surface area contributed by atoms with E-state index in [0.717, 1.165) is 0 Å². The molecular weight excluding hydrogens is 286 g/mol. The van der Waals surface area contributed by atoms with E-state index in [1.165, 1.54) is 12.1 Å². The zero-order chi connectivity index (χ0) is 16.3. The van der Waals surface area contributed by atoms with E-state index in [-0.39, 0.29) is 35.1 Å². The molecule has 1 aliphatic heterocycles. The van der Waals surface area contributed by atoms with Gasteiger partial charge in [0.05, 0.1) is 17.4 Å². The Bertz CT molecular complexity index is 566. The van der Waals surface area contributed by atoms with E-state index in [1.807, 2.05) is 0 Å². The second-order valence-electron chi connectivity index (χ2n) is 5.46. The number of piperazine rings is 1. The lowest BCUT2D eigenvalue weighted by Gasteiger charge is -2.34. The van der Waals surface area contributed by atoms with Crippen LogP contribution < -0.4 is 5.73 Å². The first-order valence-electron chi connectivity index (χ1n) is 7.22. The summed E-state index contributed by atoms with van der Waals surface area (Å²) >= 11 is 0. The fourth-order valence-electron chi connectivity index (χ4n) is 2.27. The second kappa shape index (κ2) is 6.55. The molecule has 2 amide bonds. The van der Waals surface area contributed by atoms with Gasteiger partial charge < -0.3 is 25.4 Å². The molecule has 0 radical (unpaired) electrons. The maximum absolute atomic E-state index is 12.4. The molecule has 3 N–H and O–H groups in total. The Morgan fingerprint density at radius 1 is 1.18 bits per heavy atom. The van der Waals surface area contributed by atoms with Crippen LogP contribution in [0.25, 0.3) is 0 Å². The predicted molar refractivity (Wildman–Crippen MR) is 81.6 cm³/mol. The molecule has 0 aromatic heterocycles. The summed E-state index contributed by atoms with van der Waals surface area (Å²) in [4.78, 5) is 27.4. The van der Waals surface area contributed by atoms with Gasteiger partial charge >= 0.3 is 6.09 Å². The van der Waals surface area contributed by atoms with Gasteiger partial charge in [0.2, 0.25) is 0 Å². The number of para-hydroxylation sites is 1. The van der Waals surface area contributed by atoms with Crippen molar-refractivity contribution < 1.29 is 19.4 Å². The smallest absolute Gasteiger partial charge is 0.410 e. The number of benzene rings is 1. The van der Waals surface area contributed by atoms with E-state index in [9.17, 15) is 14.7 Å². The molecule has 1 fully saturated rings. The van der Waals surface area contributed by atoms with Gasteiger partial charge in [-0.25, -0.2) is 4.79 Å². The van der Waals surface area contributed by atoms with E-state index in [0.29, 0.717) is 26.2 Å². The molecule has 0 unspecified atom stereocenters. The van der Waals surface area contributed by atoms with Gasteiger partial charge in [-0.2, -0.15) is 0 Å². The van der Waals surface area contributed by atoms with Gasteiger partial charge in [-0.05, 0) is 26.0 Å². The highest BCUT2D eigenvalue weighted by Gasteiger charge is 2.27. The van der Waals surface area contributed by atoms with Crippen LogP contribution in [0.15, 0.2) is 18.2 Å². The van der Waals surface area contributed by atoms with Crippen molar-refractivity contribution in [2.24, 2.45) is 0 Å². The van der Waals surface area contributed by atoms with Crippen molar-refractivity contribution in [1.82, 2.24) is 9.80 Å². The summed E-state index contributed by atoms with van der Waals surface area (Å²) in [6, 6.07) is 4.69. The van der Waals surface area contributed by atoms with Gasteiger partial charge in [0.15, 0.2) is 5.75 Å². The number of nitrogen functional groups attached to an aromatic ring is 1. The Kier molecular flexibility index (Phi) is 4.75. The topological polar surface area (TPSA) is 96.1 Å². The molecule has 7 heteroatoms. The predicted octanol–water partition coefficient (Wildman–Crippen LogP) is 1.28. The number of nitrogens with zero attached hydrogens (tertiary/aromatic N) is 2. The first-order valence-corrected chi connectivity index (χ1v) is 7.22. The zero-order valence-electron chi connectivity index (χ0n) is 12.8. The number of ether oxygens (including phenoxy) is 1. The van der Waals surface area contributed by atoms with E-state index in [1.54, 1.807) is 29.7 Å². The highest BCUT2D eigenvalue weighted by Crippen LogP contribution is 2.26. The van der Waals surface area contributed by atoms with Crippen LogP contribution >= 0.6 is 0 Å². The van der Waals surface area contributed by atoms with Crippen LogP contribution in [0, 0.1) is 0 Å². The molecule has 1 heterocycles. The van der Waals surface area contributed by atoms with Crippen molar-refractivity contribution in [1.29, 1.82) is 0 Å². The van der Waals surface area contributed by atoms with Gasteiger partial charge in [0, 0.05) is 26.2 Å². The number of anilines is 1. The number of hydrogen-bond acceptors (Lipinski definition) is 5. The Labute approximate surface area is 129 Å². The molecule has 0 saturated carbocycles. The van der Waals surface area contributed by atoms with Crippen molar-refractivity contribution in [2.75, 3.05) is 31.9 Å². The van der Waals surface area contributed by atoms with Crippen LogP contribution in [-0.4, -0.2) is 59.2 Å². The molecule has 0 bridgehead atoms. The molecule has 2 rings (SSSR count). The average Bonchev–Trinajstić information content (AvgIpc) is 2.49. The number of amides is 2. The number of carbonyl (C=O) groups excluding carboxylic acids is 2. The fourth-order valence-corrected chi connectivity index (χ4v) is 2.27. The van der Waals surface area contributed by atoms with Crippen LogP contribution in [0.2, 0.25) is 0 Å². The molecule has 0 atom stereocenters. The van der Waals surface area contributed by atoms with Crippen LogP contribution in [0.3, 0.4) is 0 Å². The van der Waals surface area contributed by atoms with Gasteiger partial charge in [-0.3, -0.25) is 4.79 Å². The highest BCUT2D eigenvalue weighted by molar-refractivity contribution is 5.98. The number of hydrogen-bond donors (Lipinski definition) is 2. The summed E-state index contributed by atoms with van der Waals surface area (Å²) in [6.07, 6.45) is -0.537. The number of aromatic hydroxyl groups is 1. The summed E-state index contributed by atoms with van der Waals surface area (Å²) in [5.74, 6) is -0.490. The van der Waals surface area contributed by atoms with Crippen molar-refractivity contribution in [3.63, 3.8) is 0 Å². The van der Waals surface area contributed by atoms with Gasteiger partial charge in [-0.15, -0.1) is 0 Å². The lowest BCUT2D eigenvalue weighted by atomic mass is 10.1. The lowest BCUT2D eigenvalue weighted by molar-refractivity contribution is 0.0474. The van der Waals surface area contributed by atoms with Gasteiger partial charge in [0.25, 0.3) is 5.91 Å². The quantitative estimate of drug-likeness (QED) is 0.634. The lowest BCUT2D eigenvalue weighted by Crippen LogP contribution is -2.51. The second-order valence-corrected chi connectivity index (χ2v) is 5.46. The average molecular weight is 307 g/mol. The molecule has 0 aliphatic carbocycles. The summed E-state index contributed by atoms with van der Waals surface area (Å²) in [5, 5.41) is 9.88. The SMILES string of the molecule is CC(C)OC(=O)N1CCN(C(=O)c2cccc(N)c2O)CC1. The normalized spacial score (nSPS) is 15.0. The minimum Gasteiger partial charge on any atom is -0.505 e. The van der Waals surface area contributed by atoms with Crippen molar-refractivity contribution >= 4 is 17.7 Å². The summed E-state index contributed by atoms with van der Waals surface area (Å²) in [5.41, 5.74) is 5.96. The first kappa shape index (κ1) is 15.9. The Hall–Kier alpha value is -2.44. The zero-order valence-corrected chi connectivity index (χ0v) is 12.8. The standard InChI is InChI=1S/C15H21N3O4/c1-10(2)22-15(21)18-8-6-17(7-9-18)14(20)11-4-3-5-12(16)13(11)19/h3-5,10,19H,6-9,16H2,1-2H3. The van der Waals surface area contributed by atoms with Crippen molar-refractivity contribution in [2.45, 2.75) is 20.0 Å². The maximum Gasteiger partial charge on any atom is 0.410 e. The van der Waals surface area contributed by atoms with Crippen LogP contribution in [0.5, 0.6) is 5.75 Å². The summed E-state index contributed by atoms with van der Waals surface area (Å²) < 4.78 is 5.13. The van der Waals surface area contributed by atoms with Crippen LogP contribution in [0.1, 0.15) is 24.2 Å². The van der Waals surface area contributed by atoms with E-state index in [2.05, 4.69) is 0 Å².